The van der Waals surface area contributed by atoms with Gasteiger partial charge in [-0.05, 0) is 6.42 Å². The Labute approximate surface area is 115 Å². The van der Waals surface area contributed by atoms with Crippen LogP contribution in [0.4, 0.5) is 0 Å². The summed E-state index contributed by atoms with van der Waals surface area (Å²) < 4.78 is 4.91. The van der Waals surface area contributed by atoms with Crippen molar-refractivity contribution in [1.82, 2.24) is 0 Å². The topological polar surface area (TPSA) is 9.23 Å². The van der Waals surface area contributed by atoms with Crippen molar-refractivity contribution in [3.63, 3.8) is 0 Å². The van der Waals surface area contributed by atoms with Crippen molar-refractivity contribution < 1.29 is 49.0 Å². The third-order valence-electron chi connectivity index (χ3n) is 1.52. The van der Waals surface area contributed by atoms with Crippen LogP contribution in [0.15, 0.2) is 54.6 Å². The quantitative estimate of drug-likeness (QED) is 0.499. The Morgan fingerprint density at radius 2 is 1.47 bits per heavy atom. The molecule has 0 aromatic heterocycles. The summed E-state index contributed by atoms with van der Waals surface area (Å²) >= 11 is 1.66. The van der Waals surface area contributed by atoms with Gasteiger partial charge in [0.25, 0.3) is 0 Å². The Bertz CT molecular complexity index is 276. The number of para-hydroxylation sites is 1. The molecular weight excluding hydrogens is 267 g/mol. The Morgan fingerprint density at radius 1 is 0.933 bits per heavy atom. The molecule has 2 rings (SSSR count). The van der Waals surface area contributed by atoms with Crippen LogP contribution in [0, 0.1) is 0 Å². The first-order valence-electron chi connectivity index (χ1n) is 4.14. The summed E-state index contributed by atoms with van der Waals surface area (Å²) in [5.41, 5.74) is 0. The zero-order valence-corrected chi connectivity index (χ0v) is 11.1. The van der Waals surface area contributed by atoms with E-state index in [1.165, 1.54) is 0 Å². The van der Waals surface area contributed by atoms with E-state index in [9.17, 15) is 0 Å². The zero-order chi connectivity index (χ0) is 9.36. The number of benzene rings is 1. The number of hydrogen-bond acceptors (Lipinski definition) is 1. The van der Waals surface area contributed by atoms with Crippen LogP contribution in [-0.2, 0) is 20.8 Å². The molecule has 0 heterocycles. The van der Waals surface area contributed by atoms with E-state index >= 15 is 0 Å². The van der Waals surface area contributed by atoms with Crippen LogP contribution in [0.25, 0.3) is 0 Å². The monoisotopic (exact) mass is 277 g/mol. The third-order valence-corrected chi connectivity index (χ3v) is 1.88. The summed E-state index contributed by atoms with van der Waals surface area (Å²) in [6.07, 6.45) is 9.50. The van der Waals surface area contributed by atoms with Gasteiger partial charge in [-0.25, -0.2) is 0 Å². The van der Waals surface area contributed by atoms with Gasteiger partial charge in [0.05, 0.1) is 0 Å². The van der Waals surface area contributed by atoms with Crippen LogP contribution < -0.4 is 28.1 Å². The summed E-state index contributed by atoms with van der Waals surface area (Å²) in [4.78, 5) is 0. The molecule has 0 atom stereocenters. The van der Waals surface area contributed by atoms with Crippen LogP contribution in [0.1, 0.15) is 6.42 Å². The molecule has 1 aliphatic rings. The molecule has 0 unspecified atom stereocenters. The van der Waals surface area contributed by atoms with Crippen LogP contribution in [-0.4, -0.2) is 0 Å². The Hall–Kier alpha value is -0.206. The molecule has 1 nitrogen and oxygen atoms in total. The Kier molecular flexibility index (Phi) is 13.6. The maximum absolute atomic E-state index is 4.91. The van der Waals surface area contributed by atoms with E-state index in [1.54, 1.807) is 20.8 Å². The van der Waals surface area contributed by atoms with Gasteiger partial charge in [0.15, 0.2) is 0 Å². The van der Waals surface area contributed by atoms with Gasteiger partial charge in [0.2, 0.25) is 0 Å². The van der Waals surface area contributed by atoms with Crippen LogP contribution in [0.2, 0.25) is 0 Å². The standard InChI is InChI=1S/C6H6O.C5H6.2ClH.Ti/c7-6-4-2-1-3-5-6;1-2-4-5-3-1;;;/h1-5,7H;1-4H,5H2;2*1H;/q;;;;+3/p-3. The van der Waals surface area contributed by atoms with Gasteiger partial charge >= 0.3 is 60.2 Å². The van der Waals surface area contributed by atoms with Gasteiger partial charge in [-0.3, -0.25) is 0 Å². The molecule has 0 bridgehead atoms. The van der Waals surface area contributed by atoms with Gasteiger partial charge in [0.1, 0.15) is 0 Å². The first kappa shape index (κ1) is 17.2. The summed E-state index contributed by atoms with van der Waals surface area (Å²) in [6.45, 7) is 0. The summed E-state index contributed by atoms with van der Waals surface area (Å²) in [7, 11) is 0. The van der Waals surface area contributed by atoms with Crippen LogP contribution in [0.5, 0.6) is 5.75 Å². The maximum atomic E-state index is 4.91. The van der Waals surface area contributed by atoms with Crippen molar-refractivity contribution in [2.75, 3.05) is 0 Å². The molecule has 15 heavy (non-hydrogen) atoms. The summed E-state index contributed by atoms with van der Waals surface area (Å²) in [6, 6.07) is 9.68. The van der Waals surface area contributed by atoms with Gasteiger partial charge in [-0.15, -0.1) is 0 Å². The first-order valence-corrected chi connectivity index (χ1v) is 4.77. The molecule has 0 saturated heterocycles. The molecule has 79 valence electrons. The Morgan fingerprint density at radius 3 is 1.73 bits per heavy atom. The molecule has 0 N–H and O–H groups in total. The minimum absolute atomic E-state index is 0. The number of hydrogen-bond donors (Lipinski definition) is 0. The fraction of sp³-hybridized carbons (Fsp3) is 0.0909. The second-order valence-electron chi connectivity index (χ2n) is 2.51. The second kappa shape index (κ2) is 11.9. The van der Waals surface area contributed by atoms with Gasteiger partial charge < -0.3 is 24.8 Å². The van der Waals surface area contributed by atoms with Crippen molar-refractivity contribution in [2.24, 2.45) is 0 Å². The number of allylic oxidation sites excluding steroid dienone is 4. The average Bonchev–Trinajstić information content (AvgIpc) is 2.77. The Balaban J connectivity index is 0. The van der Waals surface area contributed by atoms with Crippen molar-refractivity contribution in [1.29, 1.82) is 0 Å². The van der Waals surface area contributed by atoms with Crippen molar-refractivity contribution in [3.8, 4) is 5.75 Å². The molecule has 1 aliphatic carbocycles. The molecule has 0 fully saturated rings. The molecule has 0 saturated carbocycles. The molecule has 0 aliphatic heterocycles. The fourth-order valence-corrected chi connectivity index (χ4v) is 1.09. The van der Waals surface area contributed by atoms with Gasteiger partial charge in [0, 0.05) is 0 Å². The molecule has 1 aromatic carbocycles. The van der Waals surface area contributed by atoms with E-state index in [0.29, 0.717) is 0 Å². The van der Waals surface area contributed by atoms with Gasteiger partial charge in [-0.2, -0.15) is 0 Å². The SMILES string of the molecule is C1=CCC=C1.[Cl-].[Cl-].[Ti+2][O]c1ccccc1. The van der Waals surface area contributed by atoms with Crippen molar-refractivity contribution >= 4 is 0 Å². The molecule has 4 heteroatoms. The van der Waals surface area contributed by atoms with E-state index in [0.717, 1.165) is 12.2 Å². The summed E-state index contributed by atoms with van der Waals surface area (Å²) in [5.74, 6) is 0.910. The number of halogens is 2. The molecule has 0 spiro atoms. The summed E-state index contributed by atoms with van der Waals surface area (Å²) in [5, 5.41) is 0. The zero-order valence-electron chi connectivity index (χ0n) is 8.07. The average molecular weight is 278 g/mol. The van der Waals surface area contributed by atoms with E-state index in [2.05, 4.69) is 24.3 Å². The molecule has 1 aromatic rings. The molecular formula is C11H11Cl2OTi. The predicted molar refractivity (Wildman–Crippen MR) is 50.0 cm³/mol. The molecule has 0 radical (unpaired) electrons. The third kappa shape index (κ3) is 8.77. The van der Waals surface area contributed by atoms with E-state index in [-0.39, 0.29) is 24.8 Å². The number of rotatable bonds is 1. The van der Waals surface area contributed by atoms with E-state index < -0.39 is 0 Å². The van der Waals surface area contributed by atoms with Crippen molar-refractivity contribution in [3.05, 3.63) is 54.6 Å². The molecule has 0 amide bonds. The normalized spacial score (nSPS) is 10.5. The van der Waals surface area contributed by atoms with Gasteiger partial charge in [-0.1, -0.05) is 24.3 Å². The minimum atomic E-state index is 0. The van der Waals surface area contributed by atoms with Crippen LogP contribution >= 0.6 is 0 Å². The first-order chi connectivity index (χ1) is 6.43. The van der Waals surface area contributed by atoms with Crippen molar-refractivity contribution in [2.45, 2.75) is 6.42 Å². The fourth-order valence-electron chi connectivity index (χ4n) is 0.881. The second-order valence-corrected chi connectivity index (χ2v) is 2.83. The van der Waals surface area contributed by atoms with Crippen LogP contribution in [0.3, 0.4) is 0 Å². The predicted octanol–water partition coefficient (Wildman–Crippen LogP) is -2.96. The van der Waals surface area contributed by atoms with E-state index in [1.807, 2.05) is 30.3 Å². The van der Waals surface area contributed by atoms with E-state index in [4.69, 9.17) is 3.32 Å².